The van der Waals surface area contributed by atoms with Crippen LogP contribution in [0.1, 0.15) is 11.1 Å². The van der Waals surface area contributed by atoms with Gasteiger partial charge in [-0.1, -0.05) is 23.7 Å². The lowest BCUT2D eigenvalue weighted by atomic mass is 10.1. The number of benzene rings is 1. The van der Waals surface area contributed by atoms with Gasteiger partial charge in [-0.25, -0.2) is 4.98 Å². The van der Waals surface area contributed by atoms with Crippen LogP contribution in [0, 0.1) is 0 Å². The number of rotatable bonds is 3. The summed E-state index contributed by atoms with van der Waals surface area (Å²) in [5.41, 5.74) is 2.49. The lowest BCUT2D eigenvalue weighted by molar-refractivity contribution is 1.15. The van der Waals surface area contributed by atoms with E-state index in [4.69, 9.17) is 11.6 Å². The quantitative estimate of drug-likeness (QED) is 0.601. The Morgan fingerprint density at radius 1 is 1.19 bits per heavy atom. The molecular weight excluding hydrogens is 238 g/mol. The Balaban J connectivity index is 2.20. The topological polar surface area (TPSA) is 12.9 Å². The molecule has 0 amide bonds. The standard InChI is InChI=1S/C13H12ClNS/c1-16-12-4-2-3-10(8-12)7-11-5-6-15-13(14)9-11/h2-6,8-9H,7H2,1H3. The van der Waals surface area contributed by atoms with Crippen LogP contribution in [0.2, 0.25) is 5.15 Å². The van der Waals surface area contributed by atoms with Crippen LogP contribution in [-0.2, 0) is 6.42 Å². The molecule has 1 nitrogen and oxygen atoms in total. The van der Waals surface area contributed by atoms with Crippen LogP contribution in [-0.4, -0.2) is 11.2 Å². The minimum absolute atomic E-state index is 0.554. The van der Waals surface area contributed by atoms with Crippen molar-refractivity contribution < 1.29 is 0 Å². The monoisotopic (exact) mass is 249 g/mol. The zero-order valence-corrected chi connectivity index (χ0v) is 10.6. The first-order valence-corrected chi connectivity index (χ1v) is 6.61. The predicted octanol–water partition coefficient (Wildman–Crippen LogP) is 4.05. The van der Waals surface area contributed by atoms with Crippen LogP contribution in [0.4, 0.5) is 0 Å². The normalized spacial score (nSPS) is 10.4. The Labute approximate surface area is 105 Å². The SMILES string of the molecule is CSc1cccc(Cc2ccnc(Cl)c2)c1. The van der Waals surface area contributed by atoms with Crippen LogP contribution >= 0.6 is 23.4 Å². The van der Waals surface area contributed by atoms with Gasteiger partial charge >= 0.3 is 0 Å². The minimum Gasteiger partial charge on any atom is -0.245 e. The zero-order chi connectivity index (χ0) is 11.4. The fraction of sp³-hybridized carbons (Fsp3) is 0.154. The van der Waals surface area contributed by atoms with Gasteiger partial charge < -0.3 is 0 Å². The van der Waals surface area contributed by atoms with Crippen LogP contribution in [0.25, 0.3) is 0 Å². The van der Waals surface area contributed by atoms with Crippen LogP contribution in [0.3, 0.4) is 0 Å². The number of nitrogens with zero attached hydrogens (tertiary/aromatic N) is 1. The van der Waals surface area contributed by atoms with E-state index in [1.807, 2.05) is 12.1 Å². The third-order valence-corrected chi connectivity index (χ3v) is 3.27. The van der Waals surface area contributed by atoms with Crippen LogP contribution in [0.15, 0.2) is 47.5 Å². The Morgan fingerprint density at radius 3 is 2.75 bits per heavy atom. The van der Waals surface area contributed by atoms with Crippen molar-refractivity contribution in [3.05, 3.63) is 58.9 Å². The molecule has 0 atom stereocenters. The highest BCUT2D eigenvalue weighted by molar-refractivity contribution is 7.98. The molecule has 1 aromatic heterocycles. The van der Waals surface area contributed by atoms with Gasteiger partial charge in [0.05, 0.1) is 0 Å². The lowest BCUT2D eigenvalue weighted by Crippen LogP contribution is -1.89. The molecule has 0 N–H and O–H groups in total. The van der Waals surface area contributed by atoms with E-state index in [2.05, 4.69) is 35.5 Å². The number of hydrogen-bond donors (Lipinski definition) is 0. The number of pyridine rings is 1. The van der Waals surface area contributed by atoms with Crippen molar-refractivity contribution in [1.29, 1.82) is 0 Å². The van der Waals surface area contributed by atoms with E-state index in [1.54, 1.807) is 18.0 Å². The van der Waals surface area contributed by atoms with Gasteiger partial charge in [0.1, 0.15) is 5.15 Å². The molecule has 0 fully saturated rings. The summed E-state index contributed by atoms with van der Waals surface area (Å²) in [4.78, 5) is 5.27. The van der Waals surface area contributed by atoms with E-state index in [9.17, 15) is 0 Å². The smallest absolute Gasteiger partial charge is 0.129 e. The molecule has 2 rings (SSSR count). The highest BCUT2D eigenvalue weighted by Gasteiger charge is 1.99. The molecule has 82 valence electrons. The van der Waals surface area contributed by atoms with Crippen molar-refractivity contribution in [3.8, 4) is 0 Å². The highest BCUT2D eigenvalue weighted by atomic mass is 35.5. The largest absolute Gasteiger partial charge is 0.245 e. The Hall–Kier alpha value is -0.990. The molecule has 0 unspecified atom stereocenters. The van der Waals surface area contributed by atoms with E-state index < -0.39 is 0 Å². The van der Waals surface area contributed by atoms with Crippen LogP contribution < -0.4 is 0 Å². The maximum atomic E-state index is 5.85. The molecule has 0 aliphatic rings. The Bertz CT molecular complexity index is 485. The summed E-state index contributed by atoms with van der Waals surface area (Å²) in [7, 11) is 0. The van der Waals surface area contributed by atoms with Crippen molar-refractivity contribution in [1.82, 2.24) is 4.98 Å². The van der Waals surface area contributed by atoms with Crippen molar-refractivity contribution in [2.45, 2.75) is 11.3 Å². The van der Waals surface area contributed by atoms with Crippen LogP contribution in [0.5, 0.6) is 0 Å². The summed E-state index contributed by atoms with van der Waals surface area (Å²) in [6, 6.07) is 12.5. The summed E-state index contributed by atoms with van der Waals surface area (Å²) >= 11 is 7.61. The molecular formula is C13H12ClNS. The molecule has 16 heavy (non-hydrogen) atoms. The van der Waals surface area contributed by atoms with E-state index >= 15 is 0 Å². The van der Waals surface area contributed by atoms with Gasteiger partial charge in [0.2, 0.25) is 0 Å². The van der Waals surface area contributed by atoms with Gasteiger partial charge in [-0.05, 0) is 48.1 Å². The summed E-state index contributed by atoms with van der Waals surface area (Å²) in [5.74, 6) is 0. The number of aromatic nitrogens is 1. The van der Waals surface area contributed by atoms with E-state index in [0.717, 1.165) is 6.42 Å². The van der Waals surface area contributed by atoms with Gasteiger partial charge in [-0.15, -0.1) is 11.8 Å². The maximum absolute atomic E-state index is 5.85. The molecule has 0 aliphatic heterocycles. The number of thioether (sulfide) groups is 1. The van der Waals surface area contributed by atoms with E-state index in [-0.39, 0.29) is 0 Å². The summed E-state index contributed by atoms with van der Waals surface area (Å²) in [6.07, 6.45) is 4.73. The van der Waals surface area contributed by atoms with Crippen molar-refractivity contribution in [2.75, 3.05) is 6.26 Å². The van der Waals surface area contributed by atoms with Crippen molar-refractivity contribution in [3.63, 3.8) is 0 Å². The molecule has 2 aromatic rings. The molecule has 1 heterocycles. The Kier molecular flexibility index (Phi) is 3.86. The summed E-state index contributed by atoms with van der Waals surface area (Å²) in [5, 5.41) is 0.554. The summed E-state index contributed by atoms with van der Waals surface area (Å²) < 4.78 is 0. The second-order valence-electron chi connectivity index (χ2n) is 3.52. The lowest BCUT2D eigenvalue weighted by Gasteiger charge is -2.04. The zero-order valence-electron chi connectivity index (χ0n) is 8.98. The molecule has 0 aliphatic carbocycles. The molecule has 0 radical (unpaired) electrons. The fourth-order valence-electron chi connectivity index (χ4n) is 1.57. The van der Waals surface area contributed by atoms with E-state index in [1.165, 1.54) is 16.0 Å². The van der Waals surface area contributed by atoms with E-state index in [0.29, 0.717) is 5.15 Å². The predicted molar refractivity (Wildman–Crippen MR) is 70.3 cm³/mol. The van der Waals surface area contributed by atoms with Gasteiger partial charge in [-0.2, -0.15) is 0 Å². The van der Waals surface area contributed by atoms with Gasteiger partial charge in [0.15, 0.2) is 0 Å². The molecule has 1 aromatic carbocycles. The average Bonchev–Trinajstić information content (AvgIpc) is 2.29. The van der Waals surface area contributed by atoms with Gasteiger partial charge in [-0.3, -0.25) is 0 Å². The Morgan fingerprint density at radius 2 is 2.00 bits per heavy atom. The molecule has 0 saturated carbocycles. The third-order valence-electron chi connectivity index (χ3n) is 2.33. The van der Waals surface area contributed by atoms with Gasteiger partial charge in [0.25, 0.3) is 0 Å². The first kappa shape index (κ1) is 11.5. The van der Waals surface area contributed by atoms with Crippen molar-refractivity contribution >= 4 is 23.4 Å². The molecule has 0 spiro atoms. The first-order valence-electron chi connectivity index (χ1n) is 5.01. The first-order chi connectivity index (χ1) is 7.78. The minimum atomic E-state index is 0.554. The average molecular weight is 250 g/mol. The fourth-order valence-corrected chi connectivity index (χ4v) is 2.25. The third kappa shape index (κ3) is 3.00. The highest BCUT2D eigenvalue weighted by Crippen LogP contribution is 2.18. The van der Waals surface area contributed by atoms with Gasteiger partial charge in [0, 0.05) is 11.1 Å². The molecule has 3 heteroatoms. The molecule has 0 saturated heterocycles. The second-order valence-corrected chi connectivity index (χ2v) is 4.78. The second kappa shape index (κ2) is 5.37. The summed E-state index contributed by atoms with van der Waals surface area (Å²) in [6.45, 7) is 0. The number of halogens is 1. The molecule has 0 bridgehead atoms. The maximum Gasteiger partial charge on any atom is 0.129 e. The number of hydrogen-bond acceptors (Lipinski definition) is 2. The van der Waals surface area contributed by atoms with Crippen molar-refractivity contribution in [2.24, 2.45) is 0 Å².